The van der Waals surface area contributed by atoms with Crippen molar-refractivity contribution in [2.75, 3.05) is 0 Å². The molecule has 0 saturated carbocycles. The number of aliphatic carboxylic acids is 2. The normalized spacial score (nSPS) is 12.2. The van der Waals surface area contributed by atoms with Crippen molar-refractivity contribution in [1.82, 2.24) is 0 Å². The van der Waals surface area contributed by atoms with E-state index in [4.69, 9.17) is 20.4 Å². The second-order valence-corrected chi connectivity index (χ2v) is 4.63. The summed E-state index contributed by atoms with van der Waals surface area (Å²) >= 11 is 0. The number of carboxylic acids is 2. The molecular weight excluding hydrogens is 316 g/mol. The van der Waals surface area contributed by atoms with Crippen LogP contribution in [0.4, 0.5) is 0 Å². The van der Waals surface area contributed by atoms with E-state index in [1.165, 1.54) is 0 Å². The quantitative estimate of drug-likeness (QED) is 0.595. The van der Waals surface area contributed by atoms with E-state index in [-0.39, 0.29) is 5.78 Å². The number of carbonyl (C=O) groups is 3. The van der Waals surface area contributed by atoms with Crippen LogP contribution >= 0.6 is 0 Å². The van der Waals surface area contributed by atoms with Gasteiger partial charge in [-0.2, -0.15) is 0 Å². The van der Waals surface area contributed by atoms with Crippen LogP contribution in [-0.2, 0) is 9.59 Å². The molecule has 0 radical (unpaired) electrons. The topological polar surface area (TPSA) is 132 Å². The van der Waals surface area contributed by atoms with Gasteiger partial charge in [-0.1, -0.05) is 60.7 Å². The van der Waals surface area contributed by atoms with E-state index in [0.29, 0.717) is 0 Å². The maximum atomic E-state index is 11.8. The van der Waals surface area contributed by atoms with Crippen molar-refractivity contribution < 1.29 is 34.8 Å². The molecule has 126 valence electrons. The molecule has 7 nitrogen and oxygen atoms in total. The SMILES string of the molecule is O=C(O)[C@@H](O)[C@H](O)C(=O)O.O=C(c1ccccc1)c1ccccc1. The van der Waals surface area contributed by atoms with Crippen molar-refractivity contribution in [3.8, 4) is 0 Å². The summed E-state index contributed by atoms with van der Waals surface area (Å²) < 4.78 is 0. The molecule has 4 N–H and O–H groups in total. The number of hydrogen-bond donors (Lipinski definition) is 4. The lowest BCUT2D eigenvalue weighted by Gasteiger charge is -2.07. The van der Waals surface area contributed by atoms with Crippen molar-refractivity contribution in [3.63, 3.8) is 0 Å². The molecule has 0 amide bonds. The number of benzene rings is 2. The molecular formula is C17H16O7. The Labute approximate surface area is 137 Å². The smallest absolute Gasteiger partial charge is 0.335 e. The van der Waals surface area contributed by atoms with Gasteiger partial charge < -0.3 is 20.4 Å². The van der Waals surface area contributed by atoms with E-state index in [0.717, 1.165) is 11.1 Å². The molecule has 0 saturated heterocycles. The minimum absolute atomic E-state index is 0.0752. The summed E-state index contributed by atoms with van der Waals surface area (Å²) in [5.41, 5.74) is 1.47. The first-order chi connectivity index (χ1) is 11.3. The predicted molar refractivity (Wildman–Crippen MR) is 83.6 cm³/mol. The highest BCUT2D eigenvalue weighted by Gasteiger charge is 2.29. The highest BCUT2D eigenvalue weighted by atomic mass is 16.4. The minimum atomic E-state index is -2.27. The Balaban J connectivity index is 0.000000257. The Morgan fingerprint density at radius 3 is 1.17 bits per heavy atom. The van der Waals surface area contributed by atoms with Gasteiger partial charge in [0.2, 0.25) is 0 Å². The van der Waals surface area contributed by atoms with Gasteiger partial charge in [-0.25, -0.2) is 9.59 Å². The Kier molecular flexibility index (Phi) is 7.28. The maximum absolute atomic E-state index is 11.8. The van der Waals surface area contributed by atoms with E-state index >= 15 is 0 Å². The van der Waals surface area contributed by atoms with Crippen LogP contribution < -0.4 is 0 Å². The Bertz CT molecular complexity index is 623. The van der Waals surface area contributed by atoms with E-state index in [1.807, 2.05) is 60.7 Å². The van der Waals surface area contributed by atoms with Crippen LogP contribution in [0.1, 0.15) is 15.9 Å². The second-order valence-electron chi connectivity index (χ2n) is 4.63. The van der Waals surface area contributed by atoms with E-state index in [1.54, 1.807) is 0 Å². The molecule has 0 aliphatic heterocycles. The molecule has 2 aromatic carbocycles. The molecule has 2 rings (SSSR count). The van der Waals surface area contributed by atoms with Crippen molar-refractivity contribution in [3.05, 3.63) is 71.8 Å². The summed E-state index contributed by atoms with van der Waals surface area (Å²) in [4.78, 5) is 31.4. The molecule has 0 fully saturated rings. The molecule has 7 heteroatoms. The van der Waals surface area contributed by atoms with Crippen molar-refractivity contribution in [2.45, 2.75) is 12.2 Å². The van der Waals surface area contributed by atoms with E-state index in [2.05, 4.69) is 0 Å². The Hall–Kier alpha value is -3.03. The van der Waals surface area contributed by atoms with Gasteiger partial charge in [-0.3, -0.25) is 4.79 Å². The van der Waals surface area contributed by atoms with Crippen LogP contribution in [0.25, 0.3) is 0 Å². The zero-order valence-electron chi connectivity index (χ0n) is 12.4. The van der Waals surface area contributed by atoms with Gasteiger partial charge >= 0.3 is 11.9 Å². The molecule has 0 unspecified atom stereocenters. The predicted octanol–water partition coefficient (Wildman–Crippen LogP) is 0.795. The van der Waals surface area contributed by atoms with Crippen molar-refractivity contribution in [2.24, 2.45) is 0 Å². The number of rotatable bonds is 5. The van der Waals surface area contributed by atoms with Crippen molar-refractivity contribution >= 4 is 17.7 Å². The third-order valence-corrected chi connectivity index (χ3v) is 2.88. The van der Waals surface area contributed by atoms with Gasteiger partial charge in [-0.05, 0) is 0 Å². The molecule has 0 aliphatic rings. The fraction of sp³-hybridized carbons (Fsp3) is 0.118. The van der Waals surface area contributed by atoms with Gasteiger partial charge in [0.05, 0.1) is 0 Å². The second kappa shape index (κ2) is 9.19. The van der Waals surface area contributed by atoms with Gasteiger partial charge in [-0.15, -0.1) is 0 Å². The summed E-state index contributed by atoms with van der Waals surface area (Å²) in [7, 11) is 0. The summed E-state index contributed by atoms with van der Waals surface area (Å²) in [6.07, 6.45) is -4.53. The zero-order chi connectivity index (χ0) is 18.1. The lowest BCUT2D eigenvalue weighted by Crippen LogP contribution is -2.39. The zero-order valence-corrected chi connectivity index (χ0v) is 12.4. The standard InChI is InChI=1S/C13H10O.C4H6O6/c14-13(11-7-3-1-4-8-11)12-9-5-2-6-10-12;5-1(3(7)8)2(6)4(9)10/h1-10H;1-2,5-6H,(H,7,8)(H,9,10)/t;1-,2-/m.0/s1. The maximum Gasteiger partial charge on any atom is 0.335 e. The molecule has 0 aliphatic carbocycles. The molecule has 0 heterocycles. The summed E-state index contributed by atoms with van der Waals surface area (Å²) in [6.45, 7) is 0. The number of aliphatic hydroxyl groups excluding tert-OH is 2. The lowest BCUT2D eigenvalue weighted by atomic mass is 10.0. The highest BCUT2D eigenvalue weighted by molar-refractivity contribution is 6.08. The Morgan fingerprint density at radius 1 is 0.625 bits per heavy atom. The third kappa shape index (κ3) is 5.64. The van der Waals surface area contributed by atoms with Crippen LogP contribution in [0.5, 0.6) is 0 Å². The monoisotopic (exact) mass is 332 g/mol. The molecule has 24 heavy (non-hydrogen) atoms. The molecule has 0 spiro atoms. The fourth-order valence-corrected chi connectivity index (χ4v) is 1.62. The molecule has 0 aromatic heterocycles. The van der Waals surface area contributed by atoms with Crippen LogP contribution in [-0.4, -0.2) is 50.4 Å². The summed E-state index contributed by atoms with van der Waals surface area (Å²) in [5, 5.41) is 32.5. The Morgan fingerprint density at radius 2 is 0.917 bits per heavy atom. The van der Waals surface area contributed by atoms with Crippen molar-refractivity contribution in [1.29, 1.82) is 0 Å². The number of carbonyl (C=O) groups excluding carboxylic acids is 1. The van der Waals surface area contributed by atoms with Crippen LogP contribution in [0.3, 0.4) is 0 Å². The molecule has 2 atom stereocenters. The lowest BCUT2D eigenvalue weighted by molar-refractivity contribution is -0.165. The number of aliphatic hydroxyl groups is 2. The number of hydrogen-bond acceptors (Lipinski definition) is 5. The van der Waals surface area contributed by atoms with Gasteiger partial charge in [0.1, 0.15) is 0 Å². The van der Waals surface area contributed by atoms with Crippen LogP contribution in [0, 0.1) is 0 Å². The average molecular weight is 332 g/mol. The fourth-order valence-electron chi connectivity index (χ4n) is 1.62. The number of ketones is 1. The summed E-state index contributed by atoms with van der Waals surface area (Å²) in [5.74, 6) is -3.46. The summed E-state index contributed by atoms with van der Waals surface area (Å²) in [6, 6.07) is 18.6. The molecule has 0 bridgehead atoms. The van der Waals surface area contributed by atoms with Gasteiger partial charge in [0, 0.05) is 11.1 Å². The van der Waals surface area contributed by atoms with Crippen LogP contribution in [0.2, 0.25) is 0 Å². The third-order valence-electron chi connectivity index (χ3n) is 2.88. The van der Waals surface area contributed by atoms with E-state index in [9.17, 15) is 14.4 Å². The average Bonchev–Trinajstić information content (AvgIpc) is 2.61. The minimum Gasteiger partial charge on any atom is -0.479 e. The first kappa shape index (κ1) is 19.0. The van der Waals surface area contributed by atoms with Gasteiger partial charge in [0.15, 0.2) is 18.0 Å². The highest BCUT2D eigenvalue weighted by Crippen LogP contribution is 2.08. The molecule has 2 aromatic rings. The van der Waals surface area contributed by atoms with Crippen LogP contribution in [0.15, 0.2) is 60.7 Å². The van der Waals surface area contributed by atoms with Gasteiger partial charge in [0.25, 0.3) is 0 Å². The van der Waals surface area contributed by atoms with E-state index < -0.39 is 24.1 Å². The first-order valence-corrected chi connectivity index (χ1v) is 6.81. The largest absolute Gasteiger partial charge is 0.479 e. The number of carboxylic acid groups (broad SMARTS) is 2. The first-order valence-electron chi connectivity index (χ1n) is 6.81.